The Morgan fingerprint density at radius 1 is 1.30 bits per heavy atom. The van der Waals surface area contributed by atoms with Crippen LogP contribution in [0.1, 0.15) is 32.4 Å². The van der Waals surface area contributed by atoms with E-state index < -0.39 is 0 Å². The molecule has 1 fully saturated rings. The van der Waals surface area contributed by atoms with Gasteiger partial charge in [0.25, 0.3) is 6.47 Å². The molecule has 1 heterocycles. The van der Waals surface area contributed by atoms with Crippen LogP contribution in [-0.4, -0.2) is 43.7 Å². The number of benzene rings is 1. The summed E-state index contributed by atoms with van der Waals surface area (Å²) in [6.07, 6.45) is 0. The first-order valence-corrected chi connectivity index (χ1v) is 7.01. The Kier molecular flexibility index (Phi) is 6.68. The van der Waals surface area contributed by atoms with E-state index in [9.17, 15) is 4.79 Å². The zero-order chi connectivity index (χ0) is 15.0. The maximum absolute atomic E-state index is 9.60. The van der Waals surface area contributed by atoms with Gasteiger partial charge in [0.15, 0.2) is 0 Å². The molecule has 112 valence electrons. The number of likely N-dealkylation sites (N-methyl/N-ethyl adjacent to an activating group) is 1. The number of nitrogens with zero attached hydrogens (tertiary/aromatic N) is 1. The molecule has 2 rings (SSSR count). The van der Waals surface area contributed by atoms with Crippen molar-refractivity contribution in [3.8, 4) is 0 Å². The third-order valence-corrected chi connectivity index (χ3v) is 3.10. The summed E-state index contributed by atoms with van der Waals surface area (Å²) < 4.78 is 4.55. The van der Waals surface area contributed by atoms with Crippen LogP contribution < -0.4 is 5.32 Å². The highest BCUT2D eigenvalue weighted by Crippen LogP contribution is 2.19. The van der Waals surface area contributed by atoms with Gasteiger partial charge in [-0.3, -0.25) is 9.69 Å². The molecule has 1 unspecified atom stereocenters. The van der Waals surface area contributed by atoms with Crippen molar-refractivity contribution >= 4 is 6.47 Å². The number of carbonyl (C=O) groups is 1. The maximum atomic E-state index is 9.60. The summed E-state index contributed by atoms with van der Waals surface area (Å²) in [6, 6.07) is 11.2. The van der Waals surface area contributed by atoms with Crippen LogP contribution >= 0.6 is 0 Å². The lowest BCUT2D eigenvalue weighted by molar-refractivity contribution is -0.138. The monoisotopic (exact) mass is 278 g/mol. The number of rotatable bonds is 2. The fraction of sp³-hybridized carbons (Fsp3) is 0.562. The summed E-state index contributed by atoms with van der Waals surface area (Å²) >= 11 is 0. The first-order valence-electron chi connectivity index (χ1n) is 7.01. The standard InChI is InChI=1S/C11H16N2.C5H10O2/c1-13-8-7-12-9-11(13)10-5-3-2-4-6-10;1-5(2,3)7-4-6/h2-6,11-12H,7-9H2,1H3;4H,1-3H3. The van der Waals surface area contributed by atoms with Gasteiger partial charge in [0.1, 0.15) is 5.60 Å². The molecule has 0 aliphatic carbocycles. The normalized spacial score (nSPS) is 19.7. The molecule has 1 aromatic rings. The molecule has 4 nitrogen and oxygen atoms in total. The average Bonchev–Trinajstić information content (AvgIpc) is 2.40. The van der Waals surface area contributed by atoms with Crippen LogP contribution in [0.15, 0.2) is 30.3 Å². The van der Waals surface area contributed by atoms with E-state index in [0.29, 0.717) is 12.5 Å². The van der Waals surface area contributed by atoms with Gasteiger partial charge in [0.2, 0.25) is 0 Å². The molecule has 1 saturated heterocycles. The Morgan fingerprint density at radius 2 is 1.95 bits per heavy atom. The second kappa shape index (κ2) is 8.02. The fourth-order valence-corrected chi connectivity index (χ4v) is 2.00. The maximum Gasteiger partial charge on any atom is 0.293 e. The topological polar surface area (TPSA) is 41.6 Å². The first kappa shape index (κ1) is 16.7. The second-order valence-electron chi connectivity index (χ2n) is 5.94. The molecular formula is C16H26N2O2. The lowest BCUT2D eigenvalue weighted by Crippen LogP contribution is -2.43. The van der Waals surface area contributed by atoms with Gasteiger partial charge in [0.05, 0.1) is 0 Å². The lowest BCUT2D eigenvalue weighted by atomic mass is 10.0. The molecule has 0 radical (unpaired) electrons. The molecule has 4 heteroatoms. The molecule has 0 spiro atoms. The van der Waals surface area contributed by atoms with Crippen LogP contribution in [0.3, 0.4) is 0 Å². The second-order valence-corrected chi connectivity index (χ2v) is 5.94. The number of hydrogen-bond donors (Lipinski definition) is 1. The Labute approximate surface area is 122 Å². The summed E-state index contributed by atoms with van der Waals surface area (Å²) in [7, 11) is 2.19. The van der Waals surface area contributed by atoms with Gasteiger partial charge in [-0.05, 0) is 33.4 Å². The van der Waals surface area contributed by atoms with Crippen LogP contribution in [0.4, 0.5) is 0 Å². The van der Waals surface area contributed by atoms with Crippen molar-refractivity contribution in [1.29, 1.82) is 0 Å². The SMILES string of the molecule is CC(C)(C)OC=O.CN1CCNCC1c1ccccc1. The largest absolute Gasteiger partial charge is 0.462 e. The molecule has 1 aliphatic rings. The minimum absolute atomic E-state index is 0.318. The van der Waals surface area contributed by atoms with Crippen molar-refractivity contribution in [3.63, 3.8) is 0 Å². The molecule has 0 saturated carbocycles. The van der Waals surface area contributed by atoms with Gasteiger partial charge >= 0.3 is 0 Å². The van der Waals surface area contributed by atoms with Gasteiger partial charge in [0, 0.05) is 25.7 Å². The van der Waals surface area contributed by atoms with Crippen molar-refractivity contribution in [3.05, 3.63) is 35.9 Å². The highest BCUT2D eigenvalue weighted by atomic mass is 16.5. The molecular weight excluding hydrogens is 252 g/mol. The smallest absolute Gasteiger partial charge is 0.293 e. The highest BCUT2D eigenvalue weighted by Gasteiger charge is 2.19. The molecule has 0 aromatic heterocycles. The van der Waals surface area contributed by atoms with Crippen molar-refractivity contribution in [2.75, 3.05) is 26.7 Å². The Bertz CT molecular complexity index is 387. The summed E-state index contributed by atoms with van der Waals surface area (Å²) in [5.74, 6) is 0. The van der Waals surface area contributed by atoms with E-state index >= 15 is 0 Å². The van der Waals surface area contributed by atoms with Crippen molar-refractivity contribution in [2.24, 2.45) is 0 Å². The van der Waals surface area contributed by atoms with Gasteiger partial charge in [-0.1, -0.05) is 30.3 Å². The molecule has 1 aliphatic heterocycles. The quantitative estimate of drug-likeness (QED) is 0.842. The van der Waals surface area contributed by atoms with Crippen LogP contribution in [0.25, 0.3) is 0 Å². The fourth-order valence-electron chi connectivity index (χ4n) is 2.00. The van der Waals surface area contributed by atoms with Gasteiger partial charge in [-0.25, -0.2) is 0 Å². The van der Waals surface area contributed by atoms with E-state index in [4.69, 9.17) is 0 Å². The Morgan fingerprint density at radius 3 is 2.40 bits per heavy atom. The Hall–Kier alpha value is -1.39. The lowest BCUT2D eigenvalue weighted by Gasteiger charge is -2.33. The van der Waals surface area contributed by atoms with Gasteiger partial charge in [-0.2, -0.15) is 0 Å². The minimum atomic E-state index is -0.318. The van der Waals surface area contributed by atoms with Gasteiger partial charge < -0.3 is 10.1 Å². The summed E-state index contributed by atoms with van der Waals surface area (Å²) in [5.41, 5.74) is 1.10. The molecule has 20 heavy (non-hydrogen) atoms. The third-order valence-electron chi connectivity index (χ3n) is 3.10. The zero-order valence-electron chi connectivity index (χ0n) is 12.9. The number of piperazine rings is 1. The molecule has 1 aromatic carbocycles. The van der Waals surface area contributed by atoms with Crippen molar-refractivity contribution in [1.82, 2.24) is 10.2 Å². The average molecular weight is 278 g/mol. The number of carbonyl (C=O) groups excluding carboxylic acids is 1. The summed E-state index contributed by atoms with van der Waals surface area (Å²) in [4.78, 5) is 12.0. The third kappa shape index (κ3) is 6.17. The summed E-state index contributed by atoms with van der Waals surface area (Å²) in [5, 5.41) is 3.42. The van der Waals surface area contributed by atoms with E-state index in [1.807, 2.05) is 20.8 Å². The van der Waals surface area contributed by atoms with Gasteiger partial charge in [-0.15, -0.1) is 0 Å². The first-order chi connectivity index (χ1) is 9.44. The Balaban J connectivity index is 0.000000246. The summed E-state index contributed by atoms with van der Waals surface area (Å²) in [6.45, 7) is 9.24. The molecule has 0 bridgehead atoms. The van der Waals surface area contributed by atoms with Crippen LogP contribution in [-0.2, 0) is 9.53 Å². The van der Waals surface area contributed by atoms with Crippen LogP contribution in [0, 0.1) is 0 Å². The zero-order valence-corrected chi connectivity index (χ0v) is 12.9. The number of ether oxygens (including phenoxy) is 1. The van der Waals surface area contributed by atoms with Crippen molar-refractivity contribution < 1.29 is 9.53 Å². The van der Waals surface area contributed by atoms with E-state index in [0.717, 1.165) is 19.6 Å². The van der Waals surface area contributed by atoms with Crippen molar-refractivity contribution in [2.45, 2.75) is 32.4 Å². The molecule has 1 N–H and O–H groups in total. The van der Waals surface area contributed by atoms with E-state index in [2.05, 4.69) is 52.3 Å². The predicted molar refractivity (Wildman–Crippen MR) is 81.6 cm³/mol. The highest BCUT2D eigenvalue weighted by molar-refractivity contribution is 5.37. The van der Waals surface area contributed by atoms with Crippen LogP contribution in [0.2, 0.25) is 0 Å². The molecule has 1 atom stereocenters. The van der Waals surface area contributed by atoms with E-state index in [1.165, 1.54) is 5.56 Å². The predicted octanol–water partition coefficient (Wildman–Crippen LogP) is 2.22. The minimum Gasteiger partial charge on any atom is -0.462 e. The number of nitrogens with one attached hydrogen (secondary N) is 1. The van der Waals surface area contributed by atoms with Crippen LogP contribution in [0.5, 0.6) is 0 Å². The molecule has 0 amide bonds. The van der Waals surface area contributed by atoms with E-state index in [-0.39, 0.29) is 5.60 Å². The van der Waals surface area contributed by atoms with E-state index in [1.54, 1.807) is 0 Å². The number of hydrogen-bond acceptors (Lipinski definition) is 4.